The lowest BCUT2D eigenvalue weighted by Crippen LogP contribution is -1.95. The molecule has 0 spiro atoms. The molecule has 1 heteroatoms. The Labute approximate surface area is 58.4 Å². The first-order valence-electron chi connectivity index (χ1n) is 3.68. The molecule has 0 aliphatic heterocycles. The highest BCUT2D eigenvalue weighted by Crippen LogP contribution is 2.01. The van der Waals surface area contributed by atoms with Gasteiger partial charge < -0.3 is 4.74 Å². The van der Waals surface area contributed by atoms with Gasteiger partial charge in [0.05, 0.1) is 0 Å². The van der Waals surface area contributed by atoms with Crippen LogP contribution in [-0.4, -0.2) is 13.2 Å². The van der Waals surface area contributed by atoms with E-state index in [0.29, 0.717) is 5.92 Å². The highest BCUT2D eigenvalue weighted by molar-refractivity contribution is 4.52. The molecule has 0 saturated carbocycles. The summed E-state index contributed by atoms with van der Waals surface area (Å²) in [4.78, 5) is 0. The quantitative estimate of drug-likeness (QED) is 0.517. The first-order valence-corrected chi connectivity index (χ1v) is 3.68. The van der Waals surface area contributed by atoms with Crippen molar-refractivity contribution in [3.05, 3.63) is 6.92 Å². The second-order valence-electron chi connectivity index (χ2n) is 2.44. The highest BCUT2D eigenvalue weighted by Gasteiger charge is 1.92. The van der Waals surface area contributed by atoms with Crippen LogP contribution in [0.2, 0.25) is 0 Å². The minimum atomic E-state index is 0.574. The van der Waals surface area contributed by atoms with E-state index < -0.39 is 0 Å². The van der Waals surface area contributed by atoms with Crippen molar-refractivity contribution in [2.45, 2.75) is 26.7 Å². The van der Waals surface area contributed by atoms with Crippen LogP contribution in [0.4, 0.5) is 0 Å². The minimum absolute atomic E-state index is 0.574. The molecular formula is C8H17O. The molecule has 0 aromatic carbocycles. The van der Waals surface area contributed by atoms with E-state index in [1.165, 1.54) is 6.42 Å². The first-order chi connectivity index (χ1) is 4.27. The molecular weight excluding hydrogens is 112 g/mol. The normalized spacial score (nSPS) is 10.7. The molecule has 1 radical (unpaired) electrons. The Morgan fingerprint density at radius 2 is 2.22 bits per heavy atom. The van der Waals surface area contributed by atoms with Crippen LogP contribution in [0.1, 0.15) is 26.7 Å². The number of hydrogen-bond donors (Lipinski definition) is 0. The van der Waals surface area contributed by atoms with Gasteiger partial charge in [-0.05, 0) is 25.7 Å². The lowest BCUT2D eigenvalue weighted by atomic mass is 10.1. The van der Waals surface area contributed by atoms with Crippen molar-refractivity contribution in [1.29, 1.82) is 0 Å². The highest BCUT2D eigenvalue weighted by atomic mass is 16.5. The number of ether oxygens (including phenoxy) is 1. The van der Waals surface area contributed by atoms with E-state index in [2.05, 4.69) is 13.8 Å². The summed E-state index contributed by atoms with van der Waals surface area (Å²) < 4.78 is 5.16. The predicted molar refractivity (Wildman–Crippen MR) is 40.2 cm³/mol. The lowest BCUT2D eigenvalue weighted by molar-refractivity contribution is 0.141. The molecule has 1 atom stereocenters. The Morgan fingerprint density at radius 3 is 2.67 bits per heavy atom. The number of rotatable bonds is 5. The summed E-state index contributed by atoms with van der Waals surface area (Å²) >= 11 is 0. The summed E-state index contributed by atoms with van der Waals surface area (Å²) in [5.41, 5.74) is 0. The third-order valence-corrected chi connectivity index (χ3v) is 1.19. The van der Waals surface area contributed by atoms with Crippen molar-refractivity contribution < 1.29 is 4.74 Å². The van der Waals surface area contributed by atoms with Gasteiger partial charge in [0.25, 0.3) is 0 Å². The molecule has 1 unspecified atom stereocenters. The van der Waals surface area contributed by atoms with Crippen LogP contribution in [0.15, 0.2) is 0 Å². The van der Waals surface area contributed by atoms with Gasteiger partial charge >= 0.3 is 0 Å². The average Bonchev–Trinajstić information content (AvgIpc) is 1.80. The van der Waals surface area contributed by atoms with E-state index >= 15 is 0 Å². The fraction of sp³-hybridized carbons (Fsp3) is 0.875. The average molecular weight is 129 g/mol. The van der Waals surface area contributed by atoms with Gasteiger partial charge in [-0.2, -0.15) is 0 Å². The molecule has 0 heterocycles. The molecule has 0 aromatic heterocycles. The predicted octanol–water partition coefficient (Wildman–Crippen LogP) is 2.27. The molecule has 0 bridgehead atoms. The van der Waals surface area contributed by atoms with Crippen LogP contribution in [0.25, 0.3) is 0 Å². The van der Waals surface area contributed by atoms with Crippen LogP contribution in [0.5, 0.6) is 0 Å². The van der Waals surface area contributed by atoms with E-state index in [1.54, 1.807) is 0 Å². The smallest absolute Gasteiger partial charge is 0.0465 e. The van der Waals surface area contributed by atoms with Crippen molar-refractivity contribution in [2.24, 2.45) is 5.92 Å². The fourth-order valence-electron chi connectivity index (χ4n) is 0.678. The Balaban J connectivity index is 2.75. The van der Waals surface area contributed by atoms with Gasteiger partial charge in [0, 0.05) is 13.2 Å². The van der Waals surface area contributed by atoms with Crippen molar-refractivity contribution >= 4 is 0 Å². The van der Waals surface area contributed by atoms with Crippen molar-refractivity contribution in [3.8, 4) is 0 Å². The molecule has 55 valence electrons. The van der Waals surface area contributed by atoms with Crippen LogP contribution in [0, 0.1) is 12.8 Å². The van der Waals surface area contributed by atoms with Gasteiger partial charge in [0.15, 0.2) is 0 Å². The fourth-order valence-corrected chi connectivity index (χ4v) is 0.678. The van der Waals surface area contributed by atoms with E-state index in [9.17, 15) is 0 Å². The molecule has 0 saturated heterocycles. The molecule has 0 aliphatic carbocycles. The molecule has 0 amide bonds. The zero-order valence-electron chi connectivity index (χ0n) is 6.52. The third-order valence-electron chi connectivity index (χ3n) is 1.19. The second-order valence-corrected chi connectivity index (χ2v) is 2.44. The molecule has 0 aliphatic rings. The standard InChI is InChI=1S/C8H17O/c1-4-9-7-5-6-8(2)3/h8H,2,4-7H2,1,3H3. The van der Waals surface area contributed by atoms with Gasteiger partial charge in [-0.1, -0.05) is 13.8 Å². The zero-order chi connectivity index (χ0) is 7.11. The maximum absolute atomic E-state index is 5.16. The molecule has 9 heavy (non-hydrogen) atoms. The van der Waals surface area contributed by atoms with Gasteiger partial charge in [0.2, 0.25) is 0 Å². The molecule has 0 aromatic rings. The van der Waals surface area contributed by atoms with Gasteiger partial charge in [-0.3, -0.25) is 0 Å². The summed E-state index contributed by atoms with van der Waals surface area (Å²) in [6, 6.07) is 0. The van der Waals surface area contributed by atoms with Gasteiger partial charge in [0.1, 0.15) is 0 Å². The lowest BCUT2D eigenvalue weighted by Gasteiger charge is -2.02. The SMILES string of the molecule is [CH2]C(C)CCCOCC. The van der Waals surface area contributed by atoms with Crippen molar-refractivity contribution in [2.75, 3.05) is 13.2 Å². The van der Waals surface area contributed by atoms with Gasteiger partial charge in [-0.15, -0.1) is 0 Å². The Bertz CT molecular complexity index is 50.5. The Morgan fingerprint density at radius 1 is 1.56 bits per heavy atom. The van der Waals surface area contributed by atoms with Crippen molar-refractivity contribution in [1.82, 2.24) is 0 Å². The molecule has 0 rings (SSSR count). The van der Waals surface area contributed by atoms with Crippen LogP contribution < -0.4 is 0 Å². The van der Waals surface area contributed by atoms with E-state index in [4.69, 9.17) is 4.74 Å². The molecule has 0 fully saturated rings. The summed E-state index contributed by atoms with van der Waals surface area (Å²) in [5, 5.41) is 0. The van der Waals surface area contributed by atoms with E-state index in [-0.39, 0.29) is 0 Å². The molecule has 0 N–H and O–H groups in total. The molecule has 1 nitrogen and oxygen atoms in total. The summed E-state index contributed by atoms with van der Waals surface area (Å²) in [6.45, 7) is 9.77. The van der Waals surface area contributed by atoms with E-state index in [0.717, 1.165) is 19.6 Å². The summed E-state index contributed by atoms with van der Waals surface area (Å²) in [6.07, 6.45) is 2.33. The van der Waals surface area contributed by atoms with Gasteiger partial charge in [-0.25, -0.2) is 0 Å². The van der Waals surface area contributed by atoms with E-state index in [1.807, 2.05) is 6.92 Å². The first kappa shape index (κ1) is 8.96. The zero-order valence-corrected chi connectivity index (χ0v) is 6.52. The Kier molecular flexibility index (Phi) is 6.06. The topological polar surface area (TPSA) is 9.23 Å². The largest absolute Gasteiger partial charge is 0.382 e. The third kappa shape index (κ3) is 7.96. The summed E-state index contributed by atoms with van der Waals surface area (Å²) in [7, 11) is 0. The van der Waals surface area contributed by atoms with Crippen LogP contribution in [0.3, 0.4) is 0 Å². The minimum Gasteiger partial charge on any atom is -0.382 e. The maximum Gasteiger partial charge on any atom is 0.0465 e. The number of hydrogen-bond acceptors (Lipinski definition) is 1. The summed E-state index contributed by atoms with van der Waals surface area (Å²) in [5.74, 6) is 0.574. The maximum atomic E-state index is 5.16. The Hall–Kier alpha value is -0.0400. The monoisotopic (exact) mass is 129 g/mol. The van der Waals surface area contributed by atoms with Crippen LogP contribution >= 0.6 is 0 Å². The second kappa shape index (κ2) is 6.09. The van der Waals surface area contributed by atoms with Crippen molar-refractivity contribution in [3.63, 3.8) is 0 Å². The van der Waals surface area contributed by atoms with Crippen LogP contribution in [-0.2, 0) is 4.74 Å².